The fourth-order valence-corrected chi connectivity index (χ4v) is 3.14. The van der Waals surface area contributed by atoms with Crippen molar-refractivity contribution in [3.8, 4) is 5.82 Å². The van der Waals surface area contributed by atoms with E-state index in [1.807, 2.05) is 0 Å². The molecule has 150 valence electrons. The van der Waals surface area contributed by atoms with Crippen LogP contribution in [0.2, 0.25) is 0 Å². The number of carbonyl (C=O) groups is 1. The Bertz CT molecular complexity index is 1030. The van der Waals surface area contributed by atoms with Gasteiger partial charge in [-0.15, -0.1) is 0 Å². The fourth-order valence-electron chi connectivity index (χ4n) is 3.14. The molecule has 0 aliphatic heterocycles. The largest absolute Gasteiger partial charge is 0.416 e. The second-order valence-corrected chi connectivity index (χ2v) is 7.03. The number of halogens is 3. The highest BCUT2D eigenvalue weighted by atomic mass is 19.4. The number of aromatic nitrogens is 4. The molecule has 6 nitrogen and oxygen atoms in total. The summed E-state index contributed by atoms with van der Waals surface area (Å²) in [7, 11) is 0. The summed E-state index contributed by atoms with van der Waals surface area (Å²) in [6.45, 7) is 1.69. The highest BCUT2D eigenvalue weighted by molar-refractivity contribution is 5.95. The number of alkyl halides is 3. The molecule has 1 aliphatic carbocycles. The summed E-state index contributed by atoms with van der Waals surface area (Å²) in [5.41, 5.74) is -0.275. The smallest absolute Gasteiger partial charge is 0.342 e. The molecule has 1 aliphatic rings. The van der Waals surface area contributed by atoms with Gasteiger partial charge in [-0.2, -0.15) is 23.0 Å². The molecule has 2 heterocycles. The number of hydrogen-bond acceptors (Lipinski definition) is 4. The predicted octanol–water partition coefficient (Wildman–Crippen LogP) is 4.05. The van der Waals surface area contributed by atoms with Crippen molar-refractivity contribution in [3.05, 3.63) is 71.4 Å². The first-order chi connectivity index (χ1) is 13.8. The zero-order valence-corrected chi connectivity index (χ0v) is 15.5. The van der Waals surface area contributed by atoms with Crippen LogP contribution in [-0.2, 0) is 6.18 Å². The molecular formula is C20H18F3N5O. The lowest BCUT2D eigenvalue weighted by atomic mass is 10.0. The normalized spacial score (nSPS) is 15.2. The molecule has 9 heteroatoms. The summed E-state index contributed by atoms with van der Waals surface area (Å²) in [4.78, 5) is 21.1. The lowest BCUT2D eigenvalue weighted by Crippen LogP contribution is -2.29. The third kappa shape index (κ3) is 4.13. The highest BCUT2D eigenvalue weighted by Gasteiger charge is 2.34. The van der Waals surface area contributed by atoms with Crippen LogP contribution in [-0.4, -0.2) is 25.7 Å². The molecule has 2 aromatic heterocycles. The van der Waals surface area contributed by atoms with E-state index in [9.17, 15) is 18.0 Å². The summed E-state index contributed by atoms with van der Waals surface area (Å²) < 4.78 is 41.3. The molecule has 1 amide bonds. The predicted molar refractivity (Wildman–Crippen MR) is 98.5 cm³/mol. The Morgan fingerprint density at radius 1 is 1.21 bits per heavy atom. The van der Waals surface area contributed by atoms with Crippen molar-refractivity contribution in [3.63, 3.8) is 0 Å². The molecule has 1 aromatic carbocycles. The molecule has 0 saturated heterocycles. The van der Waals surface area contributed by atoms with Crippen molar-refractivity contribution in [2.24, 2.45) is 0 Å². The van der Waals surface area contributed by atoms with E-state index in [1.54, 1.807) is 37.4 Å². The van der Waals surface area contributed by atoms with Crippen molar-refractivity contribution in [1.82, 2.24) is 25.1 Å². The third-order valence-corrected chi connectivity index (χ3v) is 4.77. The summed E-state index contributed by atoms with van der Waals surface area (Å²) in [6.07, 6.45) is 0.108. The van der Waals surface area contributed by atoms with E-state index in [1.165, 1.54) is 11.0 Å². The first-order valence-corrected chi connectivity index (χ1v) is 9.17. The van der Waals surface area contributed by atoms with Crippen LogP contribution in [0.5, 0.6) is 0 Å². The minimum atomic E-state index is -4.51. The van der Waals surface area contributed by atoms with E-state index in [2.05, 4.69) is 20.4 Å². The summed E-state index contributed by atoms with van der Waals surface area (Å²) >= 11 is 0. The second kappa shape index (κ2) is 7.31. The number of hydrogen-bond donors (Lipinski definition) is 1. The SMILES string of the molecule is CC(NC(=O)c1cc(C2CC2)cc(C(F)(F)F)c1)c1ncnn1-c1ccccn1. The standard InChI is InChI=1S/C20H18F3N5O/c1-12(18-25-11-26-28(18)17-4-2-3-7-24-17)27-19(29)15-8-14(13-5-6-13)9-16(10-15)20(21,22)23/h2-4,7-13H,5-6H2,1H3,(H,27,29). The molecule has 0 spiro atoms. The molecule has 4 rings (SSSR count). The maximum Gasteiger partial charge on any atom is 0.416 e. The van der Waals surface area contributed by atoms with Gasteiger partial charge in [0.1, 0.15) is 6.33 Å². The minimum absolute atomic E-state index is 0.0162. The van der Waals surface area contributed by atoms with Gasteiger partial charge in [-0.05, 0) is 61.6 Å². The van der Waals surface area contributed by atoms with Gasteiger partial charge in [0.15, 0.2) is 11.6 Å². The maximum atomic E-state index is 13.3. The van der Waals surface area contributed by atoms with E-state index >= 15 is 0 Å². The van der Waals surface area contributed by atoms with E-state index < -0.39 is 23.7 Å². The number of benzene rings is 1. The van der Waals surface area contributed by atoms with Crippen LogP contribution in [0.4, 0.5) is 13.2 Å². The molecule has 3 aromatic rings. The number of rotatable bonds is 5. The van der Waals surface area contributed by atoms with Crippen LogP contribution in [0.3, 0.4) is 0 Å². The molecular weight excluding hydrogens is 383 g/mol. The summed E-state index contributed by atoms with van der Waals surface area (Å²) in [6, 6.07) is 8.26. The van der Waals surface area contributed by atoms with Gasteiger partial charge >= 0.3 is 6.18 Å². The van der Waals surface area contributed by atoms with Gasteiger partial charge < -0.3 is 5.32 Å². The molecule has 0 radical (unpaired) electrons. The molecule has 1 unspecified atom stereocenters. The molecule has 1 atom stereocenters. The zero-order valence-electron chi connectivity index (χ0n) is 15.5. The molecule has 1 saturated carbocycles. The van der Waals surface area contributed by atoms with Crippen molar-refractivity contribution in [1.29, 1.82) is 0 Å². The summed E-state index contributed by atoms with van der Waals surface area (Å²) in [5, 5.41) is 6.84. The van der Waals surface area contributed by atoms with Crippen LogP contribution in [0, 0.1) is 0 Å². The van der Waals surface area contributed by atoms with Gasteiger partial charge in [0, 0.05) is 11.8 Å². The number of nitrogens with zero attached hydrogens (tertiary/aromatic N) is 4. The van der Waals surface area contributed by atoms with E-state index in [4.69, 9.17) is 0 Å². The highest BCUT2D eigenvalue weighted by Crippen LogP contribution is 2.42. The van der Waals surface area contributed by atoms with E-state index in [-0.39, 0.29) is 11.5 Å². The Balaban J connectivity index is 1.59. The van der Waals surface area contributed by atoms with Crippen LogP contribution in [0.15, 0.2) is 48.9 Å². The number of pyridine rings is 1. The van der Waals surface area contributed by atoms with Crippen LogP contribution in [0.25, 0.3) is 5.82 Å². The van der Waals surface area contributed by atoms with Gasteiger partial charge in [-0.3, -0.25) is 4.79 Å². The zero-order chi connectivity index (χ0) is 20.6. The van der Waals surface area contributed by atoms with Crippen molar-refractivity contribution in [2.75, 3.05) is 0 Å². The molecule has 1 N–H and O–H groups in total. The molecule has 0 bridgehead atoms. The first-order valence-electron chi connectivity index (χ1n) is 9.17. The maximum absolute atomic E-state index is 13.3. The van der Waals surface area contributed by atoms with Gasteiger partial charge in [-0.1, -0.05) is 6.07 Å². The Morgan fingerprint density at radius 2 is 2.00 bits per heavy atom. The quantitative estimate of drug-likeness (QED) is 0.700. The Kier molecular flexibility index (Phi) is 4.81. The minimum Gasteiger partial charge on any atom is -0.342 e. The van der Waals surface area contributed by atoms with Gasteiger partial charge in [-0.25, -0.2) is 9.97 Å². The lowest BCUT2D eigenvalue weighted by molar-refractivity contribution is -0.137. The monoisotopic (exact) mass is 401 g/mol. The van der Waals surface area contributed by atoms with Crippen molar-refractivity contribution < 1.29 is 18.0 Å². The van der Waals surface area contributed by atoms with Crippen molar-refractivity contribution >= 4 is 5.91 Å². The van der Waals surface area contributed by atoms with Crippen LogP contribution >= 0.6 is 0 Å². The molecule has 1 fully saturated rings. The van der Waals surface area contributed by atoms with Gasteiger partial charge in [0.2, 0.25) is 0 Å². The van der Waals surface area contributed by atoms with Crippen molar-refractivity contribution in [2.45, 2.75) is 37.9 Å². The average molecular weight is 401 g/mol. The molecule has 29 heavy (non-hydrogen) atoms. The van der Waals surface area contributed by atoms with Crippen LogP contribution < -0.4 is 5.32 Å². The Hall–Kier alpha value is -3.23. The fraction of sp³-hybridized carbons (Fsp3) is 0.300. The summed E-state index contributed by atoms with van der Waals surface area (Å²) in [5.74, 6) is 0.442. The van der Waals surface area contributed by atoms with E-state index in [0.29, 0.717) is 17.2 Å². The first kappa shape index (κ1) is 19.1. The lowest BCUT2D eigenvalue weighted by Gasteiger charge is -2.16. The number of carbonyl (C=O) groups excluding carboxylic acids is 1. The van der Waals surface area contributed by atoms with E-state index in [0.717, 1.165) is 25.0 Å². The topological polar surface area (TPSA) is 72.7 Å². The Labute approximate surface area is 164 Å². The number of nitrogens with one attached hydrogen (secondary N) is 1. The number of amides is 1. The van der Waals surface area contributed by atoms with Gasteiger partial charge in [0.25, 0.3) is 5.91 Å². The average Bonchev–Trinajstić information content (AvgIpc) is 3.43. The van der Waals surface area contributed by atoms with Gasteiger partial charge in [0.05, 0.1) is 11.6 Å². The second-order valence-electron chi connectivity index (χ2n) is 7.03. The third-order valence-electron chi connectivity index (χ3n) is 4.77. The van der Waals surface area contributed by atoms with Crippen LogP contribution in [0.1, 0.15) is 59.0 Å². The Morgan fingerprint density at radius 3 is 2.66 bits per heavy atom.